The number of rotatable bonds is 8. The monoisotopic (exact) mass is 406 g/mol. The van der Waals surface area contributed by atoms with E-state index in [2.05, 4.69) is 15.5 Å². The third-order valence-corrected chi connectivity index (χ3v) is 5.10. The summed E-state index contributed by atoms with van der Waals surface area (Å²) in [5.41, 5.74) is 1.06. The van der Waals surface area contributed by atoms with Crippen molar-refractivity contribution in [3.05, 3.63) is 59.2 Å². The van der Waals surface area contributed by atoms with Crippen LogP contribution in [0.2, 0.25) is 0 Å². The fourth-order valence-electron chi connectivity index (χ4n) is 3.68. The van der Waals surface area contributed by atoms with Crippen LogP contribution in [-0.2, 0) is 11.2 Å². The van der Waals surface area contributed by atoms with Gasteiger partial charge in [0.25, 0.3) is 11.8 Å². The molecular weight excluding hydrogens is 384 g/mol. The third kappa shape index (κ3) is 3.94. The van der Waals surface area contributed by atoms with E-state index in [4.69, 9.17) is 4.52 Å². The highest BCUT2D eigenvalue weighted by Crippen LogP contribution is 2.29. The highest BCUT2D eigenvalue weighted by Gasteiger charge is 2.32. The van der Waals surface area contributed by atoms with Crippen molar-refractivity contribution in [3.8, 4) is 0 Å². The Bertz CT molecular complexity index is 1070. The summed E-state index contributed by atoms with van der Waals surface area (Å²) >= 11 is 0. The van der Waals surface area contributed by atoms with Crippen molar-refractivity contribution in [2.75, 3.05) is 13.1 Å². The number of hydrogen-bond acceptors (Lipinski definition) is 6. The number of aryl methyl sites for hydroxylation is 2. The first-order valence-corrected chi connectivity index (χ1v) is 9.98. The molecule has 4 rings (SSSR count). The van der Waals surface area contributed by atoms with Gasteiger partial charge in [-0.25, -0.2) is 0 Å². The van der Waals surface area contributed by atoms with E-state index in [1.165, 1.54) is 4.90 Å². The Morgan fingerprint density at radius 1 is 1.07 bits per heavy atom. The van der Waals surface area contributed by atoms with Crippen LogP contribution in [0.25, 0.3) is 10.8 Å². The van der Waals surface area contributed by atoms with Crippen LogP contribution in [0, 0.1) is 6.92 Å². The van der Waals surface area contributed by atoms with E-state index in [1.807, 2.05) is 24.3 Å². The standard InChI is InChI=1S/C22H22N4O4/c1-14-24-19(30-25-14)11-4-12-23-18(27)10-5-13-26-21(28)16-8-2-6-15-7-3-9-17(20(15)16)22(26)29/h2-3,6-9H,4-5,10-13H2,1H3,(H,23,27). The zero-order valence-corrected chi connectivity index (χ0v) is 16.7. The van der Waals surface area contributed by atoms with Crippen molar-refractivity contribution in [3.63, 3.8) is 0 Å². The Hall–Kier alpha value is -3.55. The first-order valence-electron chi connectivity index (χ1n) is 9.98. The van der Waals surface area contributed by atoms with Gasteiger partial charge in [-0.2, -0.15) is 4.98 Å². The van der Waals surface area contributed by atoms with Crippen LogP contribution in [0.1, 0.15) is 51.7 Å². The lowest BCUT2D eigenvalue weighted by molar-refractivity contribution is -0.121. The maximum absolute atomic E-state index is 12.8. The van der Waals surface area contributed by atoms with E-state index >= 15 is 0 Å². The minimum absolute atomic E-state index is 0.115. The lowest BCUT2D eigenvalue weighted by atomic mass is 9.94. The van der Waals surface area contributed by atoms with E-state index in [0.717, 1.165) is 5.39 Å². The number of amides is 3. The summed E-state index contributed by atoms with van der Waals surface area (Å²) < 4.78 is 5.03. The molecule has 1 aliphatic rings. The largest absolute Gasteiger partial charge is 0.356 e. The Kier molecular flexibility index (Phi) is 5.56. The second-order valence-electron chi connectivity index (χ2n) is 7.26. The molecule has 0 unspecified atom stereocenters. The summed E-state index contributed by atoms with van der Waals surface area (Å²) in [6.45, 7) is 2.46. The fourth-order valence-corrected chi connectivity index (χ4v) is 3.68. The van der Waals surface area contributed by atoms with Crippen molar-refractivity contribution in [1.29, 1.82) is 0 Å². The average Bonchev–Trinajstić information content (AvgIpc) is 3.16. The van der Waals surface area contributed by atoms with Gasteiger partial charge in [-0.1, -0.05) is 29.4 Å². The van der Waals surface area contributed by atoms with Gasteiger partial charge in [-0.05, 0) is 37.3 Å². The van der Waals surface area contributed by atoms with Crippen molar-refractivity contribution >= 4 is 28.5 Å². The molecule has 0 bridgehead atoms. The smallest absolute Gasteiger partial charge is 0.261 e. The number of nitrogens with one attached hydrogen (secondary N) is 1. The third-order valence-electron chi connectivity index (χ3n) is 5.10. The highest BCUT2D eigenvalue weighted by molar-refractivity contribution is 6.25. The molecule has 2 aromatic carbocycles. The van der Waals surface area contributed by atoms with Gasteiger partial charge < -0.3 is 9.84 Å². The summed E-state index contributed by atoms with van der Waals surface area (Å²) in [6, 6.07) is 10.9. The fraction of sp³-hybridized carbons (Fsp3) is 0.318. The summed E-state index contributed by atoms with van der Waals surface area (Å²) in [7, 11) is 0. The van der Waals surface area contributed by atoms with Crippen LogP contribution < -0.4 is 5.32 Å². The van der Waals surface area contributed by atoms with Crippen LogP contribution in [0.15, 0.2) is 40.9 Å². The highest BCUT2D eigenvalue weighted by atomic mass is 16.5. The molecule has 3 aromatic rings. The van der Waals surface area contributed by atoms with Crippen molar-refractivity contribution in [2.45, 2.75) is 32.6 Å². The molecule has 154 valence electrons. The molecular formula is C22H22N4O4. The number of carbonyl (C=O) groups excluding carboxylic acids is 3. The normalized spacial score (nSPS) is 13.2. The first-order chi connectivity index (χ1) is 14.5. The Labute approximate surface area is 173 Å². The number of benzene rings is 2. The average molecular weight is 406 g/mol. The molecule has 0 fully saturated rings. The topological polar surface area (TPSA) is 105 Å². The van der Waals surface area contributed by atoms with Crippen LogP contribution in [0.5, 0.6) is 0 Å². The number of imide groups is 1. The second kappa shape index (κ2) is 8.44. The molecule has 8 heteroatoms. The lowest BCUT2D eigenvalue weighted by Crippen LogP contribution is -2.41. The molecule has 3 amide bonds. The zero-order chi connectivity index (χ0) is 21.1. The maximum Gasteiger partial charge on any atom is 0.261 e. The van der Waals surface area contributed by atoms with Gasteiger partial charge in [-0.3, -0.25) is 19.3 Å². The second-order valence-corrected chi connectivity index (χ2v) is 7.26. The predicted octanol–water partition coefficient (Wildman–Crippen LogP) is 2.66. The summed E-state index contributed by atoms with van der Waals surface area (Å²) in [5, 5.41) is 8.14. The van der Waals surface area contributed by atoms with E-state index in [-0.39, 0.29) is 30.7 Å². The minimum atomic E-state index is -0.306. The van der Waals surface area contributed by atoms with Gasteiger partial charge in [-0.15, -0.1) is 0 Å². The number of carbonyl (C=O) groups is 3. The first kappa shape index (κ1) is 19.8. The van der Waals surface area contributed by atoms with Crippen molar-refractivity contribution in [2.24, 2.45) is 0 Å². The van der Waals surface area contributed by atoms with E-state index in [1.54, 1.807) is 19.1 Å². The SMILES string of the molecule is Cc1noc(CCCNC(=O)CCCN2C(=O)c3cccc4cccc(c34)C2=O)n1. The van der Waals surface area contributed by atoms with E-state index in [0.29, 0.717) is 54.0 Å². The molecule has 8 nitrogen and oxygen atoms in total. The molecule has 0 radical (unpaired) electrons. The minimum Gasteiger partial charge on any atom is -0.356 e. The molecule has 1 aliphatic heterocycles. The lowest BCUT2D eigenvalue weighted by Gasteiger charge is -2.27. The molecule has 0 saturated carbocycles. The summed E-state index contributed by atoms with van der Waals surface area (Å²) in [4.78, 5) is 43.1. The van der Waals surface area contributed by atoms with Gasteiger partial charge in [0.1, 0.15) is 0 Å². The number of nitrogens with zero attached hydrogens (tertiary/aromatic N) is 3. The van der Waals surface area contributed by atoms with Crippen LogP contribution in [-0.4, -0.2) is 45.9 Å². The molecule has 2 heterocycles. The summed E-state index contributed by atoms with van der Waals surface area (Å²) in [5.74, 6) is 0.420. The molecule has 0 aliphatic carbocycles. The molecule has 0 saturated heterocycles. The van der Waals surface area contributed by atoms with E-state index < -0.39 is 0 Å². The molecule has 1 N–H and O–H groups in total. The van der Waals surface area contributed by atoms with Crippen LogP contribution in [0.3, 0.4) is 0 Å². The quantitative estimate of drug-likeness (QED) is 0.455. The number of hydrogen-bond donors (Lipinski definition) is 1. The maximum atomic E-state index is 12.8. The van der Waals surface area contributed by atoms with Crippen LogP contribution >= 0.6 is 0 Å². The Morgan fingerprint density at radius 2 is 1.77 bits per heavy atom. The van der Waals surface area contributed by atoms with Crippen molar-refractivity contribution in [1.82, 2.24) is 20.4 Å². The Morgan fingerprint density at radius 3 is 2.40 bits per heavy atom. The van der Waals surface area contributed by atoms with Gasteiger partial charge in [0, 0.05) is 42.4 Å². The molecule has 0 spiro atoms. The van der Waals surface area contributed by atoms with Gasteiger partial charge in [0.05, 0.1) is 0 Å². The van der Waals surface area contributed by atoms with Gasteiger partial charge in [0.15, 0.2) is 5.82 Å². The van der Waals surface area contributed by atoms with Crippen LogP contribution in [0.4, 0.5) is 0 Å². The van der Waals surface area contributed by atoms with E-state index in [9.17, 15) is 14.4 Å². The van der Waals surface area contributed by atoms with Gasteiger partial charge >= 0.3 is 0 Å². The zero-order valence-electron chi connectivity index (χ0n) is 16.7. The molecule has 0 atom stereocenters. The summed E-state index contributed by atoms with van der Waals surface area (Å²) in [6.07, 6.45) is 1.94. The van der Waals surface area contributed by atoms with Gasteiger partial charge in [0.2, 0.25) is 11.8 Å². The number of aromatic nitrogens is 2. The Balaban J connectivity index is 1.27. The predicted molar refractivity (Wildman–Crippen MR) is 109 cm³/mol. The molecule has 1 aromatic heterocycles. The van der Waals surface area contributed by atoms with Crippen molar-refractivity contribution < 1.29 is 18.9 Å². The molecule has 30 heavy (non-hydrogen) atoms.